The van der Waals surface area contributed by atoms with Gasteiger partial charge in [0.2, 0.25) is 0 Å². The van der Waals surface area contributed by atoms with Crippen molar-refractivity contribution in [3.8, 4) is 5.75 Å². The number of fused-ring (bicyclic) bond motifs is 1. The molecule has 0 amide bonds. The third-order valence-electron chi connectivity index (χ3n) is 3.13. The van der Waals surface area contributed by atoms with Gasteiger partial charge in [0.05, 0.1) is 15.9 Å². The Labute approximate surface area is 122 Å². The van der Waals surface area contributed by atoms with Crippen LogP contribution in [0.1, 0.15) is 16.1 Å². The van der Waals surface area contributed by atoms with Crippen molar-refractivity contribution in [1.82, 2.24) is 4.98 Å². The normalized spacial score (nSPS) is 10.9. The molecule has 0 bridgehead atoms. The molecular formula is C16H16N2OS. The number of thiazole rings is 1. The monoisotopic (exact) mass is 284 g/mol. The predicted octanol–water partition coefficient (Wildman–Crippen LogP) is 4.07. The molecule has 20 heavy (non-hydrogen) atoms. The maximum atomic E-state index is 6.02. The first-order valence-electron chi connectivity index (χ1n) is 6.47. The van der Waals surface area contributed by atoms with Gasteiger partial charge in [-0.25, -0.2) is 4.98 Å². The number of nitrogen functional groups attached to an aromatic ring is 1. The van der Waals surface area contributed by atoms with Gasteiger partial charge in [-0.1, -0.05) is 18.2 Å². The van der Waals surface area contributed by atoms with Crippen LogP contribution < -0.4 is 10.5 Å². The Hall–Kier alpha value is -2.07. The second-order valence-electron chi connectivity index (χ2n) is 4.86. The van der Waals surface area contributed by atoms with Crippen LogP contribution in [0.3, 0.4) is 0 Å². The van der Waals surface area contributed by atoms with E-state index in [0.29, 0.717) is 12.3 Å². The number of aromatic nitrogens is 1. The molecule has 0 fully saturated rings. The molecule has 0 atom stereocenters. The minimum absolute atomic E-state index is 0.452. The summed E-state index contributed by atoms with van der Waals surface area (Å²) in [7, 11) is 0. The van der Waals surface area contributed by atoms with Gasteiger partial charge < -0.3 is 10.5 Å². The van der Waals surface area contributed by atoms with Gasteiger partial charge in [-0.2, -0.15) is 0 Å². The molecule has 0 aliphatic rings. The molecule has 102 valence electrons. The van der Waals surface area contributed by atoms with Crippen molar-refractivity contribution >= 4 is 27.2 Å². The average Bonchev–Trinajstić information content (AvgIpc) is 2.80. The lowest BCUT2D eigenvalue weighted by atomic mass is 10.1. The lowest BCUT2D eigenvalue weighted by Gasteiger charge is -2.11. The van der Waals surface area contributed by atoms with E-state index in [2.05, 4.69) is 17.1 Å². The summed E-state index contributed by atoms with van der Waals surface area (Å²) in [6.45, 7) is 4.49. The quantitative estimate of drug-likeness (QED) is 0.737. The zero-order chi connectivity index (χ0) is 14.1. The van der Waals surface area contributed by atoms with Gasteiger partial charge in [0.25, 0.3) is 0 Å². The summed E-state index contributed by atoms with van der Waals surface area (Å²) in [6, 6.07) is 12.1. The molecule has 0 radical (unpaired) electrons. The summed E-state index contributed by atoms with van der Waals surface area (Å²) < 4.78 is 7.04. The van der Waals surface area contributed by atoms with Gasteiger partial charge >= 0.3 is 0 Å². The Morgan fingerprint density at radius 2 is 2.00 bits per heavy atom. The zero-order valence-electron chi connectivity index (χ0n) is 11.5. The van der Waals surface area contributed by atoms with E-state index < -0.39 is 0 Å². The number of ether oxygens (including phenoxy) is 1. The Morgan fingerprint density at radius 3 is 2.75 bits per heavy atom. The highest BCUT2D eigenvalue weighted by atomic mass is 32.1. The molecule has 2 N–H and O–H groups in total. The third-order valence-corrected chi connectivity index (χ3v) is 4.14. The van der Waals surface area contributed by atoms with Gasteiger partial charge in [-0.15, -0.1) is 11.3 Å². The molecule has 3 aromatic rings. The summed E-state index contributed by atoms with van der Waals surface area (Å²) in [6.07, 6.45) is 0. The van der Waals surface area contributed by atoms with Gasteiger partial charge in [-0.05, 0) is 43.2 Å². The summed E-state index contributed by atoms with van der Waals surface area (Å²) in [5, 5.41) is 0.963. The number of aryl methyl sites for hydroxylation is 2. The van der Waals surface area contributed by atoms with E-state index in [1.165, 1.54) is 4.70 Å². The Bertz CT molecular complexity index is 708. The van der Waals surface area contributed by atoms with E-state index in [4.69, 9.17) is 10.5 Å². The molecule has 1 heterocycles. The number of benzene rings is 2. The number of hydrogen-bond donors (Lipinski definition) is 1. The second kappa shape index (κ2) is 5.13. The molecule has 3 nitrogen and oxygen atoms in total. The first-order chi connectivity index (χ1) is 9.63. The fourth-order valence-electron chi connectivity index (χ4n) is 2.30. The van der Waals surface area contributed by atoms with E-state index in [1.807, 2.05) is 38.1 Å². The minimum Gasteiger partial charge on any atom is -0.484 e. The fourth-order valence-corrected chi connectivity index (χ4v) is 3.18. The van der Waals surface area contributed by atoms with Crippen molar-refractivity contribution in [1.29, 1.82) is 0 Å². The van der Waals surface area contributed by atoms with Crippen LogP contribution in [0.25, 0.3) is 10.2 Å². The molecule has 1 aromatic heterocycles. The van der Waals surface area contributed by atoms with Gasteiger partial charge in [-0.3, -0.25) is 0 Å². The molecule has 0 saturated heterocycles. The van der Waals surface area contributed by atoms with E-state index >= 15 is 0 Å². The van der Waals surface area contributed by atoms with Crippen LogP contribution in [0.15, 0.2) is 36.4 Å². The van der Waals surface area contributed by atoms with Crippen molar-refractivity contribution in [3.63, 3.8) is 0 Å². The molecule has 0 aliphatic heterocycles. The van der Waals surface area contributed by atoms with E-state index in [-0.39, 0.29) is 0 Å². The summed E-state index contributed by atoms with van der Waals surface area (Å²) in [4.78, 5) is 4.56. The van der Waals surface area contributed by atoms with E-state index in [1.54, 1.807) is 11.3 Å². The molecule has 3 rings (SSSR count). The van der Waals surface area contributed by atoms with Crippen LogP contribution in [-0.4, -0.2) is 4.98 Å². The first-order valence-corrected chi connectivity index (χ1v) is 7.29. The van der Waals surface area contributed by atoms with Crippen LogP contribution in [-0.2, 0) is 6.61 Å². The summed E-state index contributed by atoms with van der Waals surface area (Å²) in [5.41, 5.74) is 9.93. The minimum atomic E-state index is 0.452. The van der Waals surface area contributed by atoms with Crippen LogP contribution >= 0.6 is 11.3 Å². The molecule has 2 aromatic carbocycles. The maximum absolute atomic E-state index is 6.02. The van der Waals surface area contributed by atoms with E-state index in [0.717, 1.165) is 27.4 Å². The molecule has 0 saturated carbocycles. The smallest absolute Gasteiger partial charge is 0.145 e. The van der Waals surface area contributed by atoms with Crippen molar-refractivity contribution < 1.29 is 4.74 Å². The Morgan fingerprint density at radius 1 is 1.20 bits per heavy atom. The van der Waals surface area contributed by atoms with Crippen LogP contribution in [0.5, 0.6) is 5.75 Å². The fraction of sp³-hybridized carbons (Fsp3) is 0.188. The van der Waals surface area contributed by atoms with Crippen LogP contribution in [0.4, 0.5) is 5.69 Å². The van der Waals surface area contributed by atoms with Crippen LogP contribution in [0.2, 0.25) is 0 Å². The molecule has 0 aliphatic carbocycles. The lowest BCUT2D eigenvalue weighted by Crippen LogP contribution is -2.00. The maximum Gasteiger partial charge on any atom is 0.145 e. The standard InChI is InChI=1S/C16H16N2OS/c1-10-7-11(2)16(12(17)8-10)19-9-15-18-13-5-3-4-6-14(13)20-15/h3-8H,9,17H2,1-2H3. The van der Waals surface area contributed by atoms with Crippen molar-refractivity contribution in [2.75, 3.05) is 5.73 Å². The summed E-state index contributed by atoms with van der Waals surface area (Å²) in [5.74, 6) is 0.759. The Kier molecular flexibility index (Phi) is 3.32. The summed E-state index contributed by atoms with van der Waals surface area (Å²) >= 11 is 1.65. The highest BCUT2D eigenvalue weighted by molar-refractivity contribution is 7.18. The molecule has 4 heteroatoms. The zero-order valence-corrected chi connectivity index (χ0v) is 12.3. The number of para-hydroxylation sites is 1. The first kappa shape index (κ1) is 12.9. The topological polar surface area (TPSA) is 48.1 Å². The van der Waals surface area contributed by atoms with E-state index in [9.17, 15) is 0 Å². The SMILES string of the molecule is Cc1cc(C)c(OCc2nc3ccccc3s2)c(N)c1. The number of rotatable bonds is 3. The number of nitrogens with two attached hydrogens (primary N) is 1. The molecule has 0 spiro atoms. The Balaban J connectivity index is 1.83. The van der Waals surface area contributed by atoms with Gasteiger partial charge in [0, 0.05) is 0 Å². The van der Waals surface area contributed by atoms with Gasteiger partial charge in [0.1, 0.15) is 17.4 Å². The average molecular weight is 284 g/mol. The highest BCUT2D eigenvalue weighted by Crippen LogP contribution is 2.29. The van der Waals surface area contributed by atoms with Crippen molar-refractivity contribution in [3.05, 3.63) is 52.5 Å². The highest BCUT2D eigenvalue weighted by Gasteiger charge is 2.08. The molecular weight excluding hydrogens is 268 g/mol. The largest absolute Gasteiger partial charge is 0.484 e. The lowest BCUT2D eigenvalue weighted by molar-refractivity contribution is 0.305. The van der Waals surface area contributed by atoms with Gasteiger partial charge in [0.15, 0.2) is 0 Å². The third kappa shape index (κ3) is 2.47. The van der Waals surface area contributed by atoms with Crippen molar-refractivity contribution in [2.45, 2.75) is 20.5 Å². The number of hydrogen-bond acceptors (Lipinski definition) is 4. The second-order valence-corrected chi connectivity index (χ2v) is 5.98. The number of anilines is 1. The predicted molar refractivity (Wildman–Crippen MR) is 84.3 cm³/mol. The molecule has 0 unspecified atom stereocenters. The number of nitrogens with zero attached hydrogens (tertiary/aromatic N) is 1. The van der Waals surface area contributed by atoms with Crippen molar-refractivity contribution in [2.24, 2.45) is 0 Å². The van der Waals surface area contributed by atoms with Crippen LogP contribution in [0, 0.1) is 13.8 Å².